The zero-order chi connectivity index (χ0) is 22.4. The Hall–Kier alpha value is -1.23. The molecule has 29 heavy (non-hydrogen) atoms. The summed E-state index contributed by atoms with van der Waals surface area (Å²) in [4.78, 5) is 27.3. The first-order valence-electron chi connectivity index (χ1n) is 9.95. The largest absolute Gasteiger partial charge is 0.449 e. The van der Waals surface area contributed by atoms with Gasteiger partial charge in [0.2, 0.25) is 0 Å². The maximum Gasteiger partial charge on any atom is 0.421 e. The molecule has 0 atom stereocenters. The summed E-state index contributed by atoms with van der Waals surface area (Å²) in [5.41, 5.74) is 1.89. The molecule has 5 nitrogen and oxygen atoms in total. The highest BCUT2D eigenvalue weighted by Gasteiger charge is 2.49. The zero-order valence-electron chi connectivity index (χ0n) is 18.5. The minimum Gasteiger partial charge on any atom is -0.449 e. The molecule has 2 amide bonds. The van der Waals surface area contributed by atoms with Gasteiger partial charge in [-0.3, -0.25) is 10.2 Å². The van der Waals surface area contributed by atoms with Crippen LogP contribution in [0.4, 0.5) is 10.5 Å². The number of hydrogen-bond donors (Lipinski definition) is 1. The number of benzene rings is 1. The van der Waals surface area contributed by atoms with Crippen molar-refractivity contribution in [2.75, 3.05) is 17.7 Å². The van der Waals surface area contributed by atoms with E-state index in [1.807, 2.05) is 12.1 Å². The summed E-state index contributed by atoms with van der Waals surface area (Å²) in [7, 11) is -1.65. The van der Waals surface area contributed by atoms with Crippen molar-refractivity contribution < 1.29 is 14.3 Å². The van der Waals surface area contributed by atoms with Crippen molar-refractivity contribution in [2.24, 2.45) is 0 Å². The monoisotopic (exact) mass is 531 g/mol. The third-order valence-corrected chi connectivity index (χ3v) is 13.0. The van der Waals surface area contributed by atoms with E-state index in [0.717, 1.165) is 8.47 Å². The van der Waals surface area contributed by atoms with Gasteiger partial charge in [-0.1, -0.05) is 12.1 Å². The molecule has 1 aromatic rings. The molecule has 0 aliphatic rings. The number of amides is 2. The summed E-state index contributed by atoms with van der Waals surface area (Å²) in [6, 6.07) is 7.17. The number of nitrogens with one attached hydrogen (secondary N) is 1. The average molecular weight is 531 g/mol. The molecule has 0 spiro atoms. The van der Waals surface area contributed by atoms with E-state index in [9.17, 15) is 9.59 Å². The number of halogens is 1. The zero-order valence-corrected chi connectivity index (χ0v) is 21.5. The number of carbonyl (C=O) groups is 2. The Morgan fingerprint density at radius 3 is 2.03 bits per heavy atom. The van der Waals surface area contributed by atoms with Crippen molar-refractivity contribution in [1.29, 1.82) is 5.41 Å². The molecule has 0 aliphatic carbocycles. The third kappa shape index (κ3) is 5.68. The van der Waals surface area contributed by atoms with Gasteiger partial charge in [0.25, 0.3) is 5.91 Å². The predicted octanol–water partition coefficient (Wildman–Crippen LogP) is 6.20. The number of para-hydroxylation sites is 1. The van der Waals surface area contributed by atoms with Crippen LogP contribution in [0.1, 0.15) is 48.5 Å². The Morgan fingerprint density at radius 2 is 1.62 bits per heavy atom. The second kappa shape index (κ2) is 11.2. The van der Waals surface area contributed by atoms with Crippen LogP contribution in [0.3, 0.4) is 0 Å². The van der Waals surface area contributed by atoms with Gasteiger partial charge in [-0.2, -0.15) is 0 Å². The molecule has 160 valence electrons. The van der Waals surface area contributed by atoms with Crippen molar-refractivity contribution in [3.63, 3.8) is 0 Å². The molecule has 0 fully saturated rings. The SMILES string of the molecule is CCOC(=O)N(C(=O)C(=C=N)C[P+](C(C)C)(C(C)C)C(C)C)c1ccccc1I. The molecule has 0 aromatic heterocycles. The van der Waals surface area contributed by atoms with E-state index >= 15 is 0 Å². The van der Waals surface area contributed by atoms with Crippen LogP contribution in [0.2, 0.25) is 0 Å². The molecule has 1 N–H and O–H groups in total. The lowest BCUT2D eigenvalue weighted by Gasteiger charge is -2.38. The highest BCUT2D eigenvalue weighted by atomic mass is 127. The average Bonchev–Trinajstić information content (AvgIpc) is 2.63. The highest BCUT2D eigenvalue weighted by Crippen LogP contribution is 2.70. The summed E-state index contributed by atoms with van der Waals surface area (Å²) in [5.74, 6) is 1.86. The first-order chi connectivity index (χ1) is 13.5. The molecule has 0 heterocycles. The number of rotatable bonds is 8. The molecular formula is C22H33IN2O3P+. The Bertz CT molecular complexity index is 764. The molecule has 0 saturated heterocycles. The van der Waals surface area contributed by atoms with E-state index in [2.05, 4.69) is 70.0 Å². The minimum absolute atomic E-state index is 0.163. The van der Waals surface area contributed by atoms with Crippen LogP contribution in [-0.4, -0.2) is 47.6 Å². The number of anilines is 1. The first kappa shape index (κ1) is 25.8. The first-order valence-corrected chi connectivity index (χ1v) is 13.2. The summed E-state index contributed by atoms with van der Waals surface area (Å²) < 4.78 is 5.93. The molecule has 7 heteroatoms. The van der Waals surface area contributed by atoms with Crippen molar-refractivity contribution in [3.8, 4) is 0 Å². The predicted molar refractivity (Wildman–Crippen MR) is 132 cm³/mol. The normalized spacial score (nSPS) is 11.6. The van der Waals surface area contributed by atoms with Gasteiger partial charge in [0, 0.05) is 10.8 Å². The van der Waals surface area contributed by atoms with Crippen molar-refractivity contribution in [2.45, 2.75) is 65.4 Å². The Labute approximate surface area is 189 Å². The van der Waals surface area contributed by atoms with Gasteiger partial charge in [-0.15, -0.1) is 0 Å². The molecule has 0 saturated carbocycles. The molecule has 0 bridgehead atoms. The van der Waals surface area contributed by atoms with Gasteiger partial charge in [-0.05, 0) is 89.1 Å². The molecule has 0 aliphatic heterocycles. The van der Waals surface area contributed by atoms with Gasteiger partial charge in [0.05, 0.1) is 35.4 Å². The highest BCUT2D eigenvalue weighted by molar-refractivity contribution is 14.1. The Morgan fingerprint density at radius 1 is 1.10 bits per heavy atom. The van der Waals surface area contributed by atoms with Crippen LogP contribution in [0.5, 0.6) is 0 Å². The van der Waals surface area contributed by atoms with E-state index in [0.29, 0.717) is 28.8 Å². The molecular weight excluding hydrogens is 498 g/mol. The summed E-state index contributed by atoms with van der Waals surface area (Å²) in [6.45, 7) is 15.1. The fourth-order valence-electron chi connectivity index (χ4n) is 4.02. The lowest BCUT2D eigenvalue weighted by molar-refractivity contribution is -0.114. The Kier molecular flexibility index (Phi) is 10.0. The quantitative estimate of drug-likeness (QED) is 0.188. The second-order valence-electron chi connectivity index (χ2n) is 7.83. The Balaban J connectivity index is 3.48. The van der Waals surface area contributed by atoms with Crippen LogP contribution in [0, 0.1) is 8.98 Å². The maximum atomic E-state index is 13.5. The maximum absolute atomic E-state index is 13.5. The summed E-state index contributed by atoms with van der Waals surface area (Å²) in [6.07, 6.45) is -0.237. The number of nitrogens with zero attached hydrogens (tertiary/aromatic N) is 1. The topological polar surface area (TPSA) is 70.5 Å². The van der Waals surface area contributed by atoms with E-state index in [-0.39, 0.29) is 12.2 Å². The lowest BCUT2D eigenvalue weighted by atomic mass is 10.2. The van der Waals surface area contributed by atoms with Crippen LogP contribution >= 0.6 is 29.9 Å². The lowest BCUT2D eigenvalue weighted by Crippen LogP contribution is -2.41. The van der Waals surface area contributed by atoms with E-state index in [1.165, 1.54) is 0 Å². The smallest absolute Gasteiger partial charge is 0.421 e. The van der Waals surface area contributed by atoms with Gasteiger partial charge < -0.3 is 4.74 Å². The third-order valence-electron chi connectivity index (χ3n) is 5.47. The van der Waals surface area contributed by atoms with Crippen LogP contribution in [0.25, 0.3) is 0 Å². The van der Waals surface area contributed by atoms with Gasteiger partial charge in [-0.25, -0.2) is 9.69 Å². The molecule has 0 unspecified atom stereocenters. The molecule has 1 rings (SSSR count). The second-order valence-corrected chi connectivity index (χ2v) is 14.4. The van der Waals surface area contributed by atoms with Crippen molar-refractivity contribution in [1.82, 2.24) is 0 Å². The molecule has 0 radical (unpaired) electrons. The van der Waals surface area contributed by atoms with Crippen molar-refractivity contribution in [3.05, 3.63) is 33.4 Å². The standard InChI is InChI=1S/C22H33IN2O3P/c1-8-28-22(27)25(20-12-10-9-11-19(20)23)21(26)18(13-24)14-29(15(2)3,16(4)5)17(6)7/h9-12,15-17,24H,8,14H2,1-7H3/q+1. The summed E-state index contributed by atoms with van der Waals surface area (Å²) in [5, 5.41) is 7.87. The van der Waals surface area contributed by atoms with Gasteiger partial charge in [0.1, 0.15) is 5.57 Å². The van der Waals surface area contributed by atoms with Crippen LogP contribution in [-0.2, 0) is 9.53 Å². The van der Waals surface area contributed by atoms with Gasteiger partial charge in [0.15, 0.2) is 0 Å². The van der Waals surface area contributed by atoms with Crippen LogP contribution in [0.15, 0.2) is 29.8 Å². The fraction of sp³-hybridized carbons (Fsp3) is 0.545. The molecule has 1 aromatic carbocycles. The van der Waals surface area contributed by atoms with E-state index in [1.54, 1.807) is 19.1 Å². The van der Waals surface area contributed by atoms with E-state index < -0.39 is 19.3 Å². The minimum atomic E-state index is -1.65. The number of hydrogen-bond acceptors (Lipinski definition) is 4. The fourth-order valence-corrected chi connectivity index (χ4v) is 10.1. The van der Waals surface area contributed by atoms with E-state index in [4.69, 9.17) is 10.1 Å². The van der Waals surface area contributed by atoms with Gasteiger partial charge >= 0.3 is 6.09 Å². The number of carbonyl (C=O) groups excluding carboxylic acids is 2. The number of ether oxygens (including phenoxy) is 1. The summed E-state index contributed by atoms with van der Waals surface area (Å²) >= 11 is 2.10. The van der Waals surface area contributed by atoms with Crippen molar-refractivity contribution >= 4 is 53.4 Å². The number of imide groups is 1. The van der Waals surface area contributed by atoms with Crippen LogP contribution < -0.4 is 4.90 Å².